The minimum Gasteiger partial charge on any atom is -0.308 e. The fourth-order valence-corrected chi connectivity index (χ4v) is 3.28. The maximum atomic E-state index is 4.66. The Morgan fingerprint density at radius 1 is 1.50 bits per heavy atom. The van der Waals surface area contributed by atoms with Crippen molar-refractivity contribution in [2.75, 3.05) is 6.54 Å². The molecular formula is C13H22N2S. The molecule has 1 atom stereocenters. The van der Waals surface area contributed by atoms with Crippen molar-refractivity contribution in [2.45, 2.75) is 52.0 Å². The number of rotatable bonds is 5. The van der Waals surface area contributed by atoms with Crippen molar-refractivity contribution >= 4 is 11.3 Å². The van der Waals surface area contributed by atoms with Gasteiger partial charge in [-0.25, -0.2) is 4.98 Å². The monoisotopic (exact) mass is 238 g/mol. The lowest BCUT2D eigenvalue weighted by Gasteiger charge is -2.23. The zero-order valence-electron chi connectivity index (χ0n) is 10.3. The highest BCUT2D eigenvalue weighted by Gasteiger charge is 2.27. The van der Waals surface area contributed by atoms with Crippen molar-refractivity contribution < 1.29 is 0 Å². The Kier molecular flexibility index (Phi) is 4.36. The van der Waals surface area contributed by atoms with Crippen LogP contribution in [-0.4, -0.2) is 11.5 Å². The summed E-state index contributed by atoms with van der Waals surface area (Å²) >= 11 is 1.77. The summed E-state index contributed by atoms with van der Waals surface area (Å²) in [6.07, 6.45) is 6.75. The first-order chi connectivity index (χ1) is 7.81. The van der Waals surface area contributed by atoms with Gasteiger partial charge in [-0.05, 0) is 38.6 Å². The molecule has 1 N–H and O–H groups in total. The summed E-state index contributed by atoms with van der Waals surface area (Å²) in [5.41, 5.74) is 1.28. The van der Waals surface area contributed by atoms with Crippen LogP contribution in [0, 0.1) is 12.8 Å². The Bertz CT molecular complexity index is 315. The van der Waals surface area contributed by atoms with Crippen molar-refractivity contribution in [1.29, 1.82) is 0 Å². The van der Waals surface area contributed by atoms with Crippen LogP contribution in [0.3, 0.4) is 0 Å². The fourth-order valence-electron chi connectivity index (χ4n) is 2.63. The van der Waals surface area contributed by atoms with Crippen LogP contribution in [0.1, 0.15) is 55.8 Å². The molecule has 90 valence electrons. The summed E-state index contributed by atoms with van der Waals surface area (Å²) in [6.45, 7) is 5.43. The average molecular weight is 238 g/mol. The molecule has 1 fully saturated rings. The van der Waals surface area contributed by atoms with Crippen molar-refractivity contribution in [3.63, 3.8) is 0 Å². The van der Waals surface area contributed by atoms with E-state index < -0.39 is 0 Å². The topological polar surface area (TPSA) is 24.9 Å². The summed E-state index contributed by atoms with van der Waals surface area (Å²) in [5.74, 6) is 0.813. The molecule has 0 aromatic carbocycles. The summed E-state index contributed by atoms with van der Waals surface area (Å²) in [5, 5.41) is 7.11. The summed E-state index contributed by atoms with van der Waals surface area (Å²) in [4.78, 5) is 4.66. The molecule has 16 heavy (non-hydrogen) atoms. The molecule has 1 aliphatic rings. The average Bonchev–Trinajstić information content (AvgIpc) is 2.91. The second-order valence-electron chi connectivity index (χ2n) is 4.77. The third-order valence-electron chi connectivity index (χ3n) is 3.44. The molecular weight excluding hydrogens is 216 g/mol. The van der Waals surface area contributed by atoms with Gasteiger partial charge < -0.3 is 5.32 Å². The van der Waals surface area contributed by atoms with E-state index in [4.69, 9.17) is 0 Å². The molecule has 0 saturated heterocycles. The largest absolute Gasteiger partial charge is 0.308 e. The van der Waals surface area contributed by atoms with Crippen LogP contribution in [-0.2, 0) is 0 Å². The van der Waals surface area contributed by atoms with E-state index >= 15 is 0 Å². The Hall–Kier alpha value is -0.410. The number of aryl methyl sites for hydroxylation is 1. The number of hydrogen-bond acceptors (Lipinski definition) is 3. The molecule has 2 rings (SSSR count). The lowest BCUT2D eigenvalue weighted by molar-refractivity contribution is 0.362. The van der Waals surface area contributed by atoms with E-state index in [-0.39, 0.29) is 0 Å². The molecule has 1 saturated carbocycles. The second kappa shape index (κ2) is 5.78. The zero-order valence-corrected chi connectivity index (χ0v) is 11.1. The van der Waals surface area contributed by atoms with Crippen LogP contribution in [0.15, 0.2) is 5.38 Å². The fraction of sp³-hybridized carbons (Fsp3) is 0.769. The van der Waals surface area contributed by atoms with Gasteiger partial charge in [0.05, 0.1) is 16.7 Å². The van der Waals surface area contributed by atoms with E-state index in [9.17, 15) is 0 Å². The predicted molar refractivity (Wildman–Crippen MR) is 69.8 cm³/mol. The number of nitrogens with zero attached hydrogens (tertiary/aromatic N) is 1. The number of aromatic nitrogens is 1. The van der Waals surface area contributed by atoms with Gasteiger partial charge in [-0.1, -0.05) is 19.8 Å². The van der Waals surface area contributed by atoms with E-state index in [0.717, 1.165) is 12.5 Å². The van der Waals surface area contributed by atoms with Crippen LogP contribution in [0.25, 0.3) is 0 Å². The number of hydrogen-bond donors (Lipinski definition) is 1. The van der Waals surface area contributed by atoms with Gasteiger partial charge >= 0.3 is 0 Å². The van der Waals surface area contributed by atoms with Crippen LogP contribution < -0.4 is 5.32 Å². The van der Waals surface area contributed by atoms with E-state index in [1.807, 2.05) is 0 Å². The van der Waals surface area contributed by atoms with Crippen molar-refractivity contribution in [3.05, 3.63) is 16.1 Å². The van der Waals surface area contributed by atoms with Gasteiger partial charge in [-0.2, -0.15) is 0 Å². The van der Waals surface area contributed by atoms with Gasteiger partial charge in [0.25, 0.3) is 0 Å². The number of nitrogens with one attached hydrogen (secondary N) is 1. The van der Waals surface area contributed by atoms with Crippen LogP contribution in [0.2, 0.25) is 0 Å². The quantitative estimate of drug-likeness (QED) is 0.846. The molecule has 1 aromatic rings. The van der Waals surface area contributed by atoms with E-state index in [2.05, 4.69) is 29.5 Å². The lowest BCUT2D eigenvalue weighted by atomic mass is 9.96. The highest BCUT2D eigenvalue weighted by Crippen LogP contribution is 2.35. The molecule has 1 unspecified atom stereocenters. The molecule has 0 bridgehead atoms. The van der Waals surface area contributed by atoms with Gasteiger partial charge in [0, 0.05) is 5.38 Å². The van der Waals surface area contributed by atoms with Gasteiger partial charge in [0.1, 0.15) is 0 Å². The Morgan fingerprint density at radius 2 is 2.25 bits per heavy atom. The number of thiazole rings is 1. The smallest absolute Gasteiger partial charge is 0.0898 e. The first-order valence-electron chi connectivity index (χ1n) is 6.46. The predicted octanol–water partition coefficient (Wildman–Crippen LogP) is 3.68. The zero-order chi connectivity index (χ0) is 11.4. The maximum absolute atomic E-state index is 4.66. The molecule has 1 aromatic heterocycles. The van der Waals surface area contributed by atoms with E-state index in [0.29, 0.717) is 6.04 Å². The molecule has 0 amide bonds. The van der Waals surface area contributed by atoms with Gasteiger partial charge in [0.15, 0.2) is 0 Å². The van der Waals surface area contributed by atoms with Gasteiger partial charge in [-0.3, -0.25) is 0 Å². The summed E-state index contributed by atoms with van der Waals surface area (Å²) in [6, 6.07) is 0.507. The van der Waals surface area contributed by atoms with Gasteiger partial charge in [-0.15, -0.1) is 11.3 Å². The SMILES string of the molecule is CCCNC(c1csc(C)n1)C1CCCC1. The summed E-state index contributed by atoms with van der Waals surface area (Å²) in [7, 11) is 0. The molecule has 1 aliphatic carbocycles. The highest BCUT2D eigenvalue weighted by molar-refractivity contribution is 7.09. The minimum absolute atomic E-state index is 0.507. The molecule has 3 heteroatoms. The highest BCUT2D eigenvalue weighted by atomic mass is 32.1. The third-order valence-corrected chi connectivity index (χ3v) is 4.23. The minimum atomic E-state index is 0.507. The first-order valence-corrected chi connectivity index (χ1v) is 7.34. The Balaban J connectivity index is 2.06. The Labute approximate surface area is 102 Å². The molecule has 2 nitrogen and oxygen atoms in total. The van der Waals surface area contributed by atoms with Crippen molar-refractivity contribution in [3.8, 4) is 0 Å². The lowest BCUT2D eigenvalue weighted by Crippen LogP contribution is -2.28. The maximum Gasteiger partial charge on any atom is 0.0898 e. The van der Waals surface area contributed by atoms with Crippen LogP contribution >= 0.6 is 11.3 Å². The second-order valence-corrected chi connectivity index (χ2v) is 5.83. The summed E-state index contributed by atoms with van der Waals surface area (Å²) < 4.78 is 0. The Morgan fingerprint density at radius 3 is 2.81 bits per heavy atom. The third kappa shape index (κ3) is 2.83. The molecule has 1 heterocycles. The van der Waals surface area contributed by atoms with Crippen molar-refractivity contribution in [1.82, 2.24) is 10.3 Å². The van der Waals surface area contributed by atoms with Crippen LogP contribution in [0.4, 0.5) is 0 Å². The first kappa shape index (κ1) is 12.1. The van der Waals surface area contributed by atoms with Gasteiger partial charge in [0.2, 0.25) is 0 Å². The van der Waals surface area contributed by atoms with E-state index in [1.54, 1.807) is 11.3 Å². The standard InChI is InChI=1S/C13H22N2S/c1-3-8-14-13(11-6-4-5-7-11)12-9-16-10(2)15-12/h9,11,13-14H,3-8H2,1-2H3. The normalized spacial score (nSPS) is 19.1. The molecule has 0 spiro atoms. The molecule has 0 radical (unpaired) electrons. The van der Waals surface area contributed by atoms with Crippen LogP contribution in [0.5, 0.6) is 0 Å². The van der Waals surface area contributed by atoms with E-state index in [1.165, 1.54) is 42.8 Å². The van der Waals surface area contributed by atoms with Crippen molar-refractivity contribution in [2.24, 2.45) is 5.92 Å². The molecule has 0 aliphatic heterocycles.